The topological polar surface area (TPSA) is 73.3 Å². The van der Waals surface area contributed by atoms with Gasteiger partial charge in [0.2, 0.25) is 0 Å². The summed E-state index contributed by atoms with van der Waals surface area (Å²) in [5.74, 6) is 2.66. The Labute approximate surface area is 200 Å². The van der Waals surface area contributed by atoms with Gasteiger partial charge in [0.1, 0.15) is 5.82 Å². The summed E-state index contributed by atoms with van der Waals surface area (Å²) in [7, 11) is 3.78. The van der Waals surface area contributed by atoms with Crippen LogP contribution in [0.2, 0.25) is 0 Å². The van der Waals surface area contributed by atoms with Crippen molar-refractivity contribution in [3.63, 3.8) is 0 Å². The molecule has 174 valence electrons. The minimum Gasteiger partial charge on any atom is -0.493 e. The molecule has 2 aromatic heterocycles. The van der Waals surface area contributed by atoms with E-state index in [0.29, 0.717) is 22.5 Å². The molecule has 7 nitrogen and oxygen atoms in total. The maximum absolute atomic E-state index is 6.03. The molecule has 0 N–H and O–H groups in total. The van der Waals surface area contributed by atoms with Gasteiger partial charge in [0.05, 0.1) is 12.7 Å². The van der Waals surface area contributed by atoms with Crippen molar-refractivity contribution in [3.8, 4) is 28.1 Å². The molecule has 1 aromatic carbocycles. The third-order valence-corrected chi connectivity index (χ3v) is 5.71. The number of halogens is 1. The highest BCUT2D eigenvalue weighted by molar-refractivity contribution is 7.07. The summed E-state index contributed by atoms with van der Waals surface area (Å²) in [6, 6.07) is 4.05. The summed E-state index contributed by atoms with van der Waals surface area (Å²) in [5, 5.41) is 0.450. The van der Waals surface area contributed by atoms with Crippen molar-refractivity contribution in [3.05, 3.63) is 41.5 Å². The molecule has 0 aliphatic heterocycles. The van der Waals surface area contributed by atoms with E-state index in [4.69, 9.17) is 9.47 Å². The van der Waals surface area contributed by atoms with Crippen LogP contribution < -0.4 is 9.47 Å². The van der Waals surface area contributed by atoms with E-state index in [1.54, 1.807) is 19.5 Å². The zero-order valence-corrected chi connectivity index (χ0v) is 21.4. The van der Waals surface area contributed by atoms with Gasteiger partial charge in [0.15, 0.2) is 17.3 Å². The first-order valence-electron chi connectivity index (χ1n) is 10.4. The minimum absolute atomic E-state index is 0. The van der Waals surface area contributed by atoms with Gasteiger partial charge in [-0.15, -0.1) is 12.4 Å². The van der Waals surface area contributed by atoms with Gasteiger partial charge in [0.25, 0.3) is 5.19 Å². The Kier molecular flexibility index (Phi) is 8.95. The van der Waals surface area contributed by atoms with Crippen LogP contribution in [-0.2, 0) is 11.8 Å². The fraction of sp³-hybridized carbons (Fsp3) is 0.478. The molecule has 3 rings (SSSR count). The first-order chi connectivity index (χ1) is 14.7. The van der Waals surface area contributed by atoms with E-state index < -0.39 is 0 Å². The number of aromatic nitrogens is 4. The summed E-state index contributed by atoms with van der Waals surface area (Å²) in [6.07, 6.45) is 4.47. The summed E-state index contributed by atoms with van der Waals surface area (Å²) < 4.78 is 16.0. The second-order valence-electron chi connectivity index (χ2n) is 8.61. The van der Waals surface area contributed by atoms with Gasteiger partial charge in [-0.1, -0.05) is 27.7 Å². The van der Waals surface area contributed by atoms with Crippen LogP contribution in [0.5, 0.6) is 16.7 Å². The highest BCUT2D eigenvalue weighted by Gasteiger charge is 2.18. The number of hydrogen-bond acceptors (Lipinski definition) is 8. The highest BCUT2D eigenvalue weighted by Crippen LogP contribution is 2.36. The highest BCUT2D eigenvalue weighted by atomic mass is 35.5. The molecular formula is C23H32ClN5O2S. The van der Waals surface area contributed by atoms with Gasteiger partial charge < -0.3 is 14.4 Å². The molecule has 0 fully saturated rings. The van der Waals surface area contributed by atoms with E-state index in [1.807, 2.05) is 6.07 Å². The molecule has 0 amide bonds. The van der Waals surface area contributed by atoms with Crippen molar-refractivity contribution in [2.45, 2.75) is 46.5 Å². The van der Waals surface area contributed by atoms with Crippen LogP contribution in [-0.4, -0.2) is 51.5 Å². The summed E-state index contributed by atoms with van der Waals surface area (Å²) in [5.41, 5.74) is 3.07. The van der Waals surface area contributed by atoms with Gasteiger partial charge in [0, 0.05) is 35.9 Å². The molecule has 3 aromatic rings. The molecule has 0 aliphatic carbocycles. The van der Waals surface area contributed by atoms with E-state index in [-0.39, 0.29) is 17.8 Å². The first-order valence-corrected chi connectivity index (χ1v) is 11.2. The second kappa shape index (κ2) is 11.0. The summed E-state index contributed by atoms with van der Waals surface area (Å²) >= 11 is 1.19. The van der Waals surface area contributed by atoms with Crippen molar-refractivity contribution in [2.75, 3.05) is 27.2 Å². The molecule has 0 saturated heterocycles. The molecule has 0 saturated carbocycles. The Hall–Kier alpha value is -2.29. The fourth-order valence-electron chi connectivity index (χ4n) is 2.97. The van der Waals surface area contributed by atoms with Crippen LogP contribution in [0.25, 0.3) is 11.4 Å². The smallest absolute Gasteiger partial charge is 0.299 e. The lowest BCUT2D eigenvalue weighted by Gasteiger charge is -2.16. The van der Waals surface area contributed by atoms with Crippen molar-refractivity contribution in [1.82, 2.24) is 24.2 Å². The van der Waals surface area contributed by atoms with Crippen LogP contribution in [0, 0.1) is 6.92 Å². The Morgan fingerprint density at radius 1 is 1.09 bits per heavy atom. The average molecular weight is 478 g/mol. The second-order valence-corrected chi connectivity index (χ2v) is 9.32. The number of aryl methyl sites for hydroxylation is 1. The van der Waals surface area contributed by atoms with Crippen LogP contribution in [0.4, 0.5) is 0 Å². The summed E-state index contributed by atoms with van der Waals surface area (Å²) in [4.78, 5) is 15.7. The van der Waals surface area contributed by atoms with E-state index >= 15 is 0 Å². The lowest BCUT2D eigenvalue weighted by molar-refractivity contribution is 0.355. The van der Waals surface area contributed by atoms with Crippen molar-refractivity contribution in [1.29, 1.82) is 0 Å². The largest absolute Gasteiger partial charge is 0.493 e. The summed E-state index contributed by atoms with van der Waals surface area (Å²) in [6.45, 7) is 12.5. The van der Waals surface area contributed by atoms with Crippen LogP contribution in [0.1, 0.15) is 44.6 Å². The van der Waals surface area contributed by atoms with Gasteiger partial charge in [-0.2, -0.15) is 9.36 Å². The zero-order chi connectivity index (χ0) is 22.6. The number of methoxy groups -OCH3 is 1. The SMILES string of the molecule is CCN(C)CCc1cc(OC)c(Oc2nc(-c3cnc(C(C)(C)C)nc3)ns2)cc1C.Cl. The normalized spacial score (nSPS) is 11.4. The quantitative estimate of drug-likeness (QED) is 0.434. The monoisotopic (exact) mass is 477 g/mol. The van der Waals surface area contributed by atoms with E-state index in [1.165, 1.54) is 17.1 Å². The minimum atomic E-state index is -0.102. The molecule has 0 spiro atoms. The van der Waals surface area contributed by atoms with E-state index in [9.17, 15) is 0 Å². The third-order valence-electron chi connectivity index (χ3n) is 5.11. The van der Waals surface area contributed by atoms with Gasteiger partial charge >= 0.3 is 0 Å². The number of hydrogen-bond donors (Lipinski definition) is 0. The van der Waals surface area contributed by atoms with Crippen LogP contribution in [0.15, 0.2) is 24.5 Å². The van der Waals surface area contributed by atoms with Gasteiger partial charge in [-0.3, -0.25) is 0 Å². The van der Waals surface area contributed by atoms with Crippen LogP contribution >= 0.6 is 23.9 Å². The Balaban J connectivity index is 0.00000363. The number of ether oxygens (including phenoxy) is 2. The maximum atomic E-state index is 6.03. The Bertz CT molecular complexity index is 1020. The molecule has 9 heteroatoms. The van der Waals surface area contributed by atoms with Gasteiger partial charge in [-0.05, 0) is 50.2 Å². The molecule has 0 atom stereocenters. The molecular weight excluding hydrogens is 446 g/mol. The Morgan fingerprint density at radius 2 is 1.78 bits per heavy atom. The fourth-order valence-corrected chi connectivity index (χ4v) is 3.54. The first kappa shape index (κ1) is 26.0. The van der Waals surface area contributed by atoms with Crippen molar-refractivity contribution in [2.24, 2.45) is 0 Å². The standard InChI is InChI=1S/C23H31N5O2S.ClH/c1-8-28(6)10-9-16-12-18(29-7)19(11-15(16)2)30-22-26-20(27-31-22)17-13-24-21(25-14-17)23(3,4)5;/h11-14H,8-10H2,1-7H3;1H. The molecule has 0 radical (unpaired) electrons. The average Bonchev–Trinajstić information content (AvgIpc) is 3.21. The van der Waals surface area contributed by atoms with Crippen molar-refractivity contribution >= 4 is 23.9 Å². The molecule has 0 aliphatic rings. The molecule has 0 bridgehead atoms. The molecule has 2 heterocycles. The molecule has 32 heavy (non-hydrogen) atoms. The lowest BCUT2D eigenvalue weighted by atomic mass is 9.96. The predicted octanol–water partition coefficient (Wildman–Crippen LogP) is 5.32. The van der Waals surface area contributed by atoms with Crippen molar-refractivity contribution < 1.29 is 9.47 Å². The van der Waals surface area contributed by atoms with E-state index in [0.717, 1.165) is 36.5 Å². The zero-order valence-electron chi connectivity index (χ0n) is 19.8. The molecule has 0 unspecified atom stereocenters. The number of likely N-dealkylation sites (N-methyl/N-ethyl adjacent to an activating group) is 1. The third kappa shape index (κ3) is 6.37. The Morgan fingerprint density at radius 3 is 2.38 bits per heavy atom. The number of nitrogens with zero attached hydrogens (tertiary/aromatic N) is 5. The van der Waals surface area contributed by atoms with Crippen LogP contribution in [0.3, 0.4) is 0 Å². The maximum Gasteiger partial charge on any atom is 0.299 e. The van der Waals surface area contributed by atoms with Gasteiger partial charge in [-0.25, -0.2) is 9.97 Å². The van der Waals surface area contributed by atoms with E-state index in [2.05, 4.69) is 72.0 Å². The predicted molar refractivity (Wildman–Crippen MR) is 132 cm³/mol. The lowest BCUT2D eigenvalue weighted by Crippen LogP contribution is -2.20. The number of rotatable bonds is 8. The number of benzene rings is 1.